The topological polar surface area (TPSA) is 113 Å². The molecule has 0 spiro atoms. The largest absolute Gasteiger partial charge is 0.508 e. The standard InChI is InChI=1S/C15H20N2O4/c16-11-4-3-10(8-11)14(19)17-13(15(20)21)7-9-1-5-12(18)6-2-9/h1-2,5-6,10-11,13,18H,3-4,7-8,16H2,(H,17,19)(H,20,21)/t10?,11?,13-/m0/s1. The molecular weight excluding hydrogens is 272 g/mol. The molecular formula is C15H20N2O4. The van der Waals surface area contributed by atoms with Gasteiger partial charge in [0.2, 0.25) is 5.91 Å². The highest BCUT2D eigenvalue weighted by molar-refractivity contribution is 5.85. The number of carbonyl (C=O) groups is 2. The molecule has 0 heterocycles. The van der Waals surface area contributed by atoms with E-state index in [1.165, 1.54) is 12.1 Å². The van der Waals surface area contributed by atoms with Crippen molar-refractivity contribution in [2.24, 2.45) is 11.7 Å². The maximum absolute atomic E-state index is 12.1. The van der Waals surface area contributed by atoms with E-state index in [4.69, 9.17) is 5.73 Å². The summed E-state index contributed by atoms with van der Waals surface area (Å²) in [6.45, 7) is 0. The van der Waals surface area contributed by atoms with Crippen LogP contribution in [0.25, 0.3) is 0 Å². The Morgan fingerprint density at radius 3 is 2.48 bits per heavy atom. The fraction of sp³-hybridized carbons (Fsp3) is 0.467. The molecule has 0 bridgehead atoms. The summed E-state index contributed by atoms with van der Waals surface area (Å²) in [5.74, 6) is -1.39. The first-order valence-electron chi connectivity index (χ1n) is 7.02. The minimum Gasteiger partial charge on any atom is -0.508 e. The SMILES string of the molecule is NC1CCC(C(=O)N[C@@H](Cc2ccc(O)cc2)C(=O)O)C1. The predicted octanol–water partition coefficient (Wildman–Crippen LogP) is 0.631. The molecule has 1 aliphatic carbocycles. The molecule has 5 N–H and O–H groups in total. The van der Waals surface area contributed by atoms with Crippen LogP contribution in [-0.2, 0) is 16.0 Å². The van der Waals surface area contributed by atoms with Crippen LogP contribution in [0, 0.1) is 5.92 Å². The number of carboxylic acids is 1. The normalized spacial score (nSPS) is 22.7. The van der Waals surface area contributed by atoms with Crippen LogP contribution in [0.15, 0.2) is 24.3 Å². The average molecular weight is 292 g/mol. The number of amides is 1. The zero-order valence-corrected chi connectivity index (χ0v) is 11.7. The summed E-state index contributed by atoms with van der Waals surface area (Å²) < 4.78 is 0. The number of hydrogen-bond donors (Lipinski definition) is 4. The van der Waals surface area contributed by atoms with E-state index in [0.29, 0.717) is 12.8 Å². The van der Waals surface area contributed by atoms with Gasteiger partial charge in [0.05, 0.1) is 0 Å². The van der Waals surface area contributed by atoms with Gasteiger partial charge in [-0.2, -0.15) is 0 Å². The van der Waals surface area contributed by atoms with Gasteiger partial charge in [-0.05, 0) is 37.0 Å². The lowest BCUT2D eigenvalue weighted by molar-refractivity contribution is -0.142. The predicted molar refractivity (Wildman–Crippen MR) is 76.7 cm³/mol. The first-order chi connectivity index (χ1) is 9.95. The van der Waals surface area contributed by atoms with E-state index in [1.54, 1.807) is 12.1 Å². The van der Waals surface area contributed by atoms with Crippen LogP contribution in [0.2, 0.25) is 0 Å². The number of nitrogens with two attached hydrogens (primary N) is 1. The Morgan fingerprint density at radius 2 is 1.95 bits per heavy atom. The van der Waals surface area contributed by atoms with Gasteiger partial charge in [-0.15, -0.1) is 0 Å². The van der Waals surface area contributed by atoms with Crippen LogP contribution in [-0.4, -0.2) is 34.2 Å². The molecule has 1 amide bonds. The van der Waals surface area contributed by atoms with Crippen molar-refractivity contribution in [3.05, 3.63) is 29.8 Å². The van der Waals surface area contributed by atoms with Crippen molar-refractivity contribution in [1.29, 1.82) is 0 Å². The molecule has 0 aromatic heterocycles. The van der Waals surface area contributed by atoms with Gasteiger partial charge in [0.25, 0.3) is 0 Å². The molecule has 0 saturated heterocycles. The van der Waals surface area contributed by atoms with Crippen molar-refractivity contribution in [3.8, 4) is 5.75 Å². The maximum atomic E-state index is 12.1. The van der Waals surface area contributed by atoms with Crippen molar-refractivity contribution < 1.29 is 19.8 Å². The number of benzene rings is 1. The zero-order chi connectivity index (χ0) is 15.4. The van der Waals surface area contributed by atoms with Crippen LogP contribution in [0.3, 0.4) is 0 Å². The summed E-state index contributed by atoms with van der Waals surface area (Å²) in [5.41, 5.74) is 6.51. The second-order valence-electron chi connectivity index (χ2n) is 5.54. The Morgan fingerprint density at radius 1 is 1.29 bits per heavy atom. The van der Waals surface area contributed by atoms with Crippen molar-refractivity contribution in [1.82, 2.24) is 5.32 Å². The highest BCUT2D eigenvalue weighted by atomic mass is 16.4. The second kappa shape index (κ2) is 6.58. The molecule has 1 aliphatic rings. The molecule has 1 aromatic carbocycles. The summed E-state index contributed by atoms with van der Waals surface area (Å²) in [6, 6.07) is 5.32. The van der Waals surface area contributed by atoms with E-state index < -0.39 is 12.0 Å². The van der Waals surface area contributed by atoms with Crippen molar-refractivity contribution in [3.63, 3.8) is 0 Å². The Bertz CT molecular complexity index is 515. The van der Waals surface area contributed by atoms with Gasteiger partial charge in [-0.3, -0.25) is 4.79 Å². The number of phenolic OH excluding ortho intramolecular Hbond substituents is 1. The monoisotopic (exact) mass is 292 g/mol. The Hall–Kier alpha value is -2.08. The average Bonchev–Trinajstić information content (AvgIpc) is 2.87. The molecule has 114 valence electrons. The minimum absolute atomic E-state index is 0.0288. The molecule has 21 heavy (non-hydrogen) atoms. The molecule has 0 aliphatic heterocycles. The van der Waals surface area contributed by atoms with Crippen LogP contribution in [0.1, 0.15) is 24.8 Å². The lowest BCUT2D eigenvalue weighted by Gasteiger charge is -2.17. The Balaban J connectivity index is 1.97. The molecule has 1 saturated carbocycles. The number of nitrogens with one attached hydrogen (secondary N) is 1. The molecule has 6 heteroatoms. The third kappa shape index (κ3) is 4.19. The molecule has 6 nitrogen and oxygen atoms in total. The molecule has 1 fully saturated rings. The second-order valence-corrected chi connectivity index (χ2v) is 5.54. The first kappa shape index (κ1) is 15.3. The van der Waals surface area contributed by atoms with Gasteiger partial charge in [-0.25, -0.2) is 4.79 Å². The Kier molecular flexibility index (Phi) is 4.80. The van der Waals surface area contributed by atoms with Crippen molar-refractivity contribution in [2.75, 3.05) is 0 Å². The van der Waals surface area contributed by atoms with Crippen molar-refractivity contribution >= 4 is 11.9 Å². The number of phenols is 1. The minimum atomic E-state index is -1.07. The first-order valence-corrected chi connectivity index (χ1v) is 7.02. The van der Waals surface area contributed by atoms with E-state index in [0.717, 1.165) is 12.0 Å². The Labute approximate surface area is 123 Å². The van der Waals surface area contributed by atoms with Gasteiger partial charge in [0.15, 0.2) is 0 Å². The van der Waals surface area contributed by atoms with Gasteiger partial charge in [0, 0.05) is 18.4 Å². The van der Waals surface area contributed by atoms with Gasteiger partial charge < -0.3 is 21.3 Å². The van der Waals surface area contributed by atoms with E-state index in [1.807, 2.05) is 0 Å². The molecule has 1 aromatic rings. The number of hydrogen-bond acceptors (Lipinski definition) is 4. The number of aromatic hydroxyl groups is 1. The summed E-state index contributed by atoms with van der Waals surface area (Å²) in [4.78, 5) is 23.4. The van der Waals surface area contributed by atoms with Gasteiger partial charge >= 0.3 is 5.97 Å². The quantitative estimate of drug-likeness (QED) is 0.636. The number of carboxylic acid groups (broad SMARTS) is 1. The third-order valence-electron chi connectivity index (χ3n) is 3.83. The highest BCUT2D eigenvalue weighted by Gasteiger charge is 2.30. The summed E-state index contributed by atoms with van der Waals surface area (Å²) in [6.07, 6.45) is 2.30. The van der Waals surface area contributed by atoms with Crippen molar-refractivity contribution in [2.45, 2.75) is 37.8 Å². The van der Waals surface area contributed by atoms with E-state index in [9.17, 15) is 19.8 Å². The van der Waals surface area contributed by atoms with Crippen LogP contribution >= 0.6 is 0 Å². The molecule has 0 radical (unpaired) electrons. The molecule has 2 unspecified atom stereocenters. The number of carbonyl (C=O) groups excluding carboxylic acids is 1. The van der Waals surface area contributed by atoms with Gasteiger partial charge in [0.1, 0.15) is 11.8 Å². The van der Waals surface area contributed by atoms with Gasteiger partial charge in [-0.1, -0.05) is 12.1 Å². The number of rotatable bonds is 5. The number of aliphatic carboxylic acids is 1. The smallest absolute Gasteiger partial charge is 0.326 e. The molecule has 3 atom stereocenters. The summed E-state index contributed by atoms with van der Waals surface area (Å²) >= 11 is 0. The van der Waals surface area contributed by atoms with Crippen LogP contribution in [0.5, 0.6) is 5.75 Å². The molecule has 2 rings (SSSR count). The third-order valence-corrected chi connectivity index (χ3v) is 3.83. The maximum Gasteiger partial charge on any atom is 0.326 e. The van der Waals surface area contributed by atoms with Crippen LogP contribution < -0.4 is 11.1 Å². The van der Waals surface area contributed by atoms with Crippen LogP contribution in [0.4, 0.5) is 0 Å². The lowest BCUT2D eigenvalue weighted by atomic mass is 10.0. The zero-order valence-electron chi connectivity index (χ0n) is 11.7. The van der Waals surface area contributed by atoms with E-state index >= 15 is 0 Å². The van der Waals surface area contributed by atoms with E-state index in [2.05, 4.69) is 5.32 Å². The highest BCUT2D eigenvalue weighted by Crippen LogP contribution is 2.24. The lowest BCUT2D eigenvalue weighted by Crippen LogP contribution is -2.44. The summed E-state index contributed by atoms with van der Waals surface area (Å²) in [5, 5.41) is 21.0. The van der Waals surface area contributed by atoms with E-state index in [-0.39, 0.29) is 30.0 Å². The fourth-order valence-electron chi connectivity index (χ4n) is 2.61. The fourth-order valence-corrected chi connectivity index (χ4v) is 2.61. The summed E-state index contributed by atoms with van der Waals surface area (Å²) in [7, 11) is 0.